The Morgan fingerprint density at radius 2 is 2.11 bits per heavy atom. The van der Waals surface area contributed by atoms with E-state index in [-0.39, 0.29) is 28.4 Å². The molecular formula is C12H16O5S. The van der Waals surface area contributed by atoms with Crippen LogP contribution in [0.5, 0.6) is 11.5 Å². The van der Waals surface area contributed by atoms with E-state index in [9.17, 15) is 20.1 Å². The van der Waals surface area contributed by atoms with E-state index in [0.717, 1.165) is 0 Å². The van der Waals surface area contributed by atoms with Gasteiger partial charge < -0.3 is 20.1 Å². The van der Waals surface area contributed by atoms with Crippen LogP contribution < -0.4 is 4.74 Å². The molecule has 100 valence electrons. The van der Waals surface area contributed by atoms with Gasteiger partial charge in [0.05, 0.1) is 12.7 Å². The Balaban J connectivity index is 3.24. The molecule has 1 aromatic carbocycles. The molecule has 1 rings (SSSR count). The second kappa shape index (κ2) is 6.63. The van der Waals surface area contributed by atoms with Crippen LogP contribution in [-0.4, -0.2) is 40.1 Å². The van der Waals surface area contributed by atoms with Crippen molar-refractivity contribution in [3.63, 3.8) is 0 Å². The lowest BCUT2D eigenvalue weighted by Gasteiger charge is -2.19. The number of aromatic hydroxyl groups is 1. The molecule has 0 heterocycles. The third kappa shape index (κ3) is 3.16. The Bertz CT molecular complexity index is 421. The number of hydrogen-bond acceptors (Lipinski definition) is 6. The van der Waals surface area contributed by atoms with Crippen LogP contribution in [0.4, 0.5) is 0 Å². The minimum atomic E-state index is -1.33. The van der Waals surface area contributed by atoms with Gasteiger partial charge >= 0.3 is 0 Å². The average molecular weight is 272 g/mol. The molecular weight excluding hydrogens is 256 g/mol. The fraction of sp³-hybridized carbons (Fsp3) is 0.417. The molecule has 18 heavy (non-hydrogen) atoms. The highest BCUT2D eigenvalue weighted by Crippen LogP contribution is 2.36. The predicted octanol–water partition coefficient (Wildman–Crippen LogP) is 0.927. The Labute approximate surface area is 110 Å². The van der Waals surface area contributed by atoms with Crippen molar-refractivity contribution < 1.29 is 24.9 Å². The molecule has 0 aliphatic heterocycles. The molecule has 6 heteroatoms. The van der Waals surface area contributed by atoms with Crippen molar-refractivity contribution in [1.82, 2.24) is 0 Å². The summed E-state index contributed by atoms with van der Waals surface area (Å²) in [4.78, 5) is 10.8. The molecule has 0 saturated heterocycles. The smallest absolute Gasteiger partial charge is 0.163 e. The number of benzene rings is 1. The van der Waals surface area contributed by atoms with Crippen molar-refractivity contribution in [2.24, 2.45) is 0 Å². The van der Waals surface area contributed by atoms with Gasteiger partial charge in [-0.1, -0.05) is 0 Å². The third-order valence-corrected chi connectivity index (χ3v) is 2.81. The predicted molar refractivity (Wildman–Crippen MR) is 69.5 cm³/mol. The van der Waals surface area contributed by atoms with Crippen molar-refractivity contribution in [2.45, 2.75) is 19.1 Å². The normalized spacial score (nSPS) is 14.0. The Morgan fingerprint density at radius 1 is 1.44 bits per heavy atom. The lowest BCUT2D eigenvalue weighted by Crippen LogP contribution is -2.20. The molecule has 0 amide bonds. The molecule has 0 saturated carbocycles. The third-order valence-electron chi connectivity index (χ3n) is 2.43. The molecule has 0 fully saturated rings. The Hall–Kier alpha value is -1.24. The molecule has 0 aliphatic carbocycles. The molecule has 0 spiro atoms. The molecule has 3 N–H and O–H groups in total. The van der Waals surface area contributed by atoms with E-state index in [4.69, 9.17) is 4.74 Å². The van der Waals surface area contributed by atoms with Crippen LogP contribution in [-0.2, 0) is 0 Å². The number of carbonyl (C=O) groups is 1. The zero-order chi connectivity index (χ0) is 13.7. The van der Waals surface area contributed by atoms with Crippen LogP contribution in [0.15, 0.2) is 12.1 Å². The molecule has 1 aromatic rings. The maximum Gasteiger partial charge on any atom is 0.163 e. The van der Waals surface area contributed by atoms with Gasteiger partial charge in [0.1, 0.15) is 12.4 Å². The highest BCUT2D eigenvalue weighted by atomic mass is 32.1. The molecule has 0 aliphatic rings. The van der Waals surface area contributed by atoms with Gasteiger partial charge in [-0.05, 0) is 19.1 Å². The van der Waals surface area contributed by atoms with Gasteiger partial charge in [0.25, 0.3) is 0 Å². The number of phenolic OH excluding ortho intramolecular Hbond substituents is 1. The standard InChI is InChI=1S/C12H16O5S/c1-2-17-10-4-7(5-13)3-8(12(10)16)11(15)9(14)6-18/h3-5,9,11,14-16,18H,2,6H2,1H3. The molecule has 0 radical (unpaired) electrons. The molecule has 0 aromatic heterocycles. The molecule has 5 nitrogen and oxygen atoms in total. The quantitative estimate of drug-likeness (QED) is 0.457. The number of phenols is 1. The van der Waals surface area contributed by atoms with Crippen molar-refractivity contribution in [1.29, 1.82) is 0 Å². The van der Waals surface area contributed by atoms with Crippen LogP contribution in [0.1, 0.15) is 28.9 Å². The monoisotopic (exact) mass is 272 g/mol. The number of aliphatic hydroxyl groups excluding tert-OH is 2. The second-order valence-electron chi connectivity index (χ2n) is 3.70. The number of thiol groups is 1. The summed E-state index contributed by atoms with van der Waals surface area (Å²) in [5.74, 6) is -0.158. The summed E-state index contributed by atoms with van der Waals surface area (Å²) >= 11 is 3.86. The van der Waals surface area contributed by atoms with E-state index in [1.807, 2.05) is 0 Å². The first-order chi connectivity index (χ1) is 8.54. The molecule has 2 atom stereocenters. The summed E-state index contributed by atoms with van der Waals surface area (Å²) in [6.07, 6.45) is -1.90. The lowest BCUT2D eigenvalue weighted by molar-refractivity contribution is 0.0320. The number of hydrogen-bond donors (Lipinski definition) is 4. The van der Waals surface area contributed by atoms with Crippen molar-refractivity contribution in [3.05, 3.63) is 23.3 Å². The molecule has 0 bridgehead atoms. The van der Waals surface area contributed by atoms with Gasteiger partial charge in [-0.2, -0.15) is 12.6 Å². The number of carbonyl (C=O) groups excluding carboxylic acids is 1. The zero-order valence-electron chi connectivity index (χ0n) is 9.91. The lowest BCUT2D eigenvalue weighted by atomic mass is 10.0. The van der Waals surface area contributed by atoms with Crippen LogP contribution in [0.25, 0.3) is 0 Å². The van der Waals surface area contributed by atoms with Crippen LogP contribution in [0.3, 0.4) is 0 Å². The van der Waals surface area contributed by atoms with E-state index in [2.05, 4.69) is 12.6 Å². The number of aliphatic hydroxyl groups is 2. The summed E-state index contributed by atoms with van der Waals surface area (Å²) < 4.78 is 5.16. The first-order valence-corrected chi connectivity index (χ1v) is 6.10. The van der Waals surface area contributed by atoms with Crippen LogP contribution >= 0.6 is 12.6 Å². The summed E-state index contributed by atoms with van der Waals surface area (Å²) in [6, 6.07) is 2.68. The summed E-state index contributed by atoms with van der Waals surface area (Å²) in [5, 5.41) is 29.3. The SMILES string of the molecule is CCOc1cc(C=O)cc(C(O)C(O)CS)c1O. The van der Waals surface area contributed by atoms with Gasteiger partial charge in [-0.3, -0.25) is 4.79 Å². The largest absolute Gasteiger partial charge is 0.504 e. The minimum Gasteiger partial charge on any atom is -0.504 e. The number of rotatable bonds is 6. The fourth-order valence-electron chi connectivity index (χ4n) is 1.52. The maximum absolute atomic E-state index is 10.8. The maximum atomic E-state index is 10.8. The van der Waals surface area contributed by atoms with E-state index < -0.39 is 12.2 Å². The summed E-state index contributed by atoms with van der Waals surface area (Å²) in [7, 11) is 0. The minimum absolute atomic E-state index is 0.0237. The van der Waals surface area contributed by atoms with Crippen molar-refractivity contribution in [3.8, 4) is 11.5 Å². The average Bonchev–Trinajstić information content (AvgIpc) is 2.39. The highest BCUT2D eigenvalue weighted by Gasteiger charge is 2.23. The number of aldehydes is 1. The zero-order valence-corrected chi connectivity index (χ0v) is 10.8. The van der Waals surface area contributed by atoms with Crippen LogP contribution in [0, 0.1) is 0 Å². The van der Waals surface area contributed by atoms with Gasteiger partial charge in [0.2, 0.25) is 0 Å². The van der Waals surface area contributed by atoms with Crippen molar-refractivity contribution in [2.75, 3.05) is 12.4 Å². The summed E-state index contributed by atoms with van der Waals surface area (Å²) in [6.45, 7) is 2.03. The fourth-order valence-corrected chi connectivity index (χ4v) is 1.72. The Morgan fingerprint density at radius 3 is 2.61 bits per heavy atom. The second-order valence-corrected chi connectivity index (χ2v) is 4.07. The topological polar surface area (TPSA) is 87.0 Å². The number of ether oxygens (including phenoxy) is 1. The van der Waals surface area contributed by atoms with E-state index in [1.165, 1.54) is 12.1 Å². The van der Waals surface area contributed by atoms with Crippen LogP contribution in [0.2, 0.25) is 0 Å². The van der Waals surface area contributed by atoms with Gasteiger partial charge in [0.15, 0.2) is 11.5 Å². The summed E-state index contributed by atoms with van der Waals surface area (Å²) in [5.41, 5.74) is 0.293. The molecule has 2 unspecified atom stereocenters. The van der Waals surface area contributed by atoms with Gasteiger partial charge in [-0.15, -0.1) is 0 Å². The van der Waals surface area contributed by atoms with E-state index >= 15 is 0 Å². The van der Waals surface area contributed by atoms with E-state index in [0.29, 0.717) is 12.9 Å². The van der Waals surface area contributed by atoms with Crippen molar-refractivity contribution >= 4 is 18.9 Å². The first kappa shape index (κ1) is 14.8. The Kier molecular flexibility index (Phi) is 5.46. The van der Waals surface area contributed by atoms with Gasteiger partial charge in [-0.25, -0.2) is 0 Å². The van der Waals surface area contributed by atoms with Gasteiger partial charge in [0, 0.05) is 16.9 Å². The van der Waals surface area contributed by atoms with E-state index in [1.54, 1.807) is 6.92 Å². The highest BCUT2D eigenvalue weighted by molar-refractivity contribution is 7.80. The first-order valence-electron chi connectivity index (χ1n) is 5.47.